The van der Waals surface area contributed by atoms with Crippen molar-refractivity contribution in [1.29, 1.82) is 0 Å². The molecule has 2 fully saturated rings. The number of rotatable bonds is 41. The Balaban J connectivity index is 1.40. The van der Waals surface area contributed by atoms with Gasteiger partial charge < -0.3 is 44.7 Å². The van der Waals surface area contributed by atoms with Gasteiger partial charge in [-0.25, -0.2) is 13.9 Å². The van der Waals surface area contributed by atoms with E-state index in [-0.39, 0.29) is 18.7 Å². The fraction of sp³-hybridized carbons (Fsp3) is 0.792. The van der Waals surface area contributed by atoms with Crippen molar-refractivity contribution in [3.05, 3.63) is 47.1 Å². The van der Waals surface area contributed by atoms with Gasteiger partial charge in [0, 0.05) is 19.0 Å². The second-order valence-corrected chi connectivity index (χ2v) is 21.1. The Morgan fingerprint density at radius 1 is 0.710 bits per heavy atom. The second kappa shape index (κ2) is 34.5. The topological polar surface area (TPSA) is 278 Å². The number of aliphatic hydroxyl groups excluding tert-OH is 2. The van der Waals surface area contributed by atoms with Gasteiger partial charge in [0.25, 0.3) is 0 Å². The van der Waals surface area contributed by atoms with Crippen molar-refractivity contribution in [3.8, 4) is 0 Å². The van der Waals surface area contributed by atoms with Crippen LogP contribution in [0.4, 0.5) is 5.82 Å². The Kier molecular flexibility index (Phi) is 30.3. The maximum absolute atomic E-state index is 12.9. The molecule has 9 atom stereocenters. The Morgan fingerprint density at radius 3 is 1.88 bits per heavy atom. The zero-order valence-corrected chi connectivity index (χ0v) is 42.9. The number of epoxide rings is 1. The Hall–Kier alpha value is -2.80. The molecule has 19 nitrogen and oxygen atoms in total. The van der Waals surface area contributed by atoms with Crippen molar-refractivity contribution in [2.45, 2.75) is 224 Å². The van der Waals surface area contributed by atoms with E-state index in [0.717, 1.165) is 94.2 Å². The van der Waals surface area contributed by atoms with Gasteiger partial charge in [0.05, 0.1) is 25.4 Å². The molecule has 6 N–H and O–H groups in total. The van der Waals surface area contributed by atoms with Crippen molar-refractivity contribution in [2.75, 3.05) is 25.6 Å². The van der Waals surface area contributed by atoms with Gasteiger partial charge in [0.1, 0.15) is 30.7 Å². The summed E-state index contributed by atoms with van der Waals surface area (Å²) in [5.41, 5.74) is 4.59. The van der Waals surface area contributed by atoms with Gasteiger partial charge in [-0.2, -0.15) is 9.29 Å². The number of phosphoric ester groups is 2. The van der Waals surface area contributed by atoms with E-state index in [1.807, 2.05) is 0 Å². The summed E-state index contributed by atoms with van der Waals surface area (Å²) in [5, 5.41) is 20.9. The Morgan fingerprint density at radius 2 is 1.26 bits per heavy atom. The predicted octanol–water partition coefficient (Wildman–Crippen LogP) is 9.21. The molecule has 0 amide bonds. The molecule has 0 radical (unpaired) electrons. The number of nitrogens with zero attached hydrogens (tertiary/aromatic N) is 2. The summed E-state index contributed by atoms with van der Waals surface area (Å²) < 4.78 is 62.5. The number of unbranched alkanes of at least 4 members (excludes halogenated alkanes) is 18. The van der Waals surface area contributed by atoms with Gasteiger partial charge in [0.15, 0.2) is 12.3 Å². The number of nitrogens with two attached hydrogens (primary N) is 1. The zero-order valence-electron chi connectivity index (χ0n) is 41.1. The van der Waals surface area contributed by atoms with E-state index >= 15 is 0 Å². The summed E-state index contributed by atoms with van der Waals surface area (Å²) in [4.78, 5) is 61.9. The SMILES string of the molecule is CCCCCCCC/C=C\CCCCCCCC(=O)OC[C@H](COP(=O)(O)OP(=O)(O)OC[C@H]1O[C@@H](n2ccc(N)nc2=O)[C@H](O)[C@@H]1O)OC(=O)CCCCCCC/C=C\CC1OC1CCCCC. The van der Waals surface area contributed by atoms with Crippen molar-refractivity contribution in [1.82, 2.24) is 9.55 Å². The maximum atomic E-state index is 12.9. The fourth-order valence-electron chi connectivity index (χ4n) is 7.84. The monoisotopic (exact) mass is 1020 g/mol. The van der Waals surface area contributed by atoms with E-state index in [1.165, 1.54) is 63.9 Å². The van der Waals surface area contributed by atoms with Crippen LogP contribution in [-0.2, 0) is 51.0 Å². The number of aliphatic hydroxyl groups is 2. The quantitative estimate of drug-likeness (QED) is 0.0134. The molecular formula is C48H83N3O16P2. The van der Waals surface area contributed by atoms with Crippen LogP contribution in [0.25, 0.3) is 0 Å². The minimum absolute atomic E-state index is 0.0289. The summed E-state index contributed by atoms with van der Waals surface area (Å²) in [5.74, 6) is -1.32. The number of carbonyl (C=O) groups excluding carboxylic acids is 2. The van der Waals surface area contributed by atoms with Crippen LogP contribution >= 0.6 is 15.6 Å². The molecule has 2 aliphatic heterocycles. The lowest BCUT2D eigenvalue weighted by molar-refractivity contribution is -0.161. The van der Waals surface area contributed by atoms with Crippen molar-refractivity contribution >= 4 is 33.4 Å². The first kappa shape index (κ1) is 60.5. The van der Waals surface area contributed by atoms with Crippen LogP contribution in [0.3, 0.4) is 0 Å². The van der Waals surface area contributed by atoms with E-state index < -0.39 is 83.7 Å². The van der Waals surface area contributed by atoms with Gasteiger partial charge in [-0.15, -0.1) is 0 Å². The number of anilines is 1. The van der Waals surface area contributed by atoms with Crippen LogP contribution in [-0.4, -0.2) is 97.9 Å². The first-order chi connectivity index (χ1) is 33.1. The van der Waals surface area contributed by atoms with Crippen LogP contribution in [0.15, 0.2) is 41.4 Å². The highest BCUT2D eigenvalue weighted by Crippen LogP contribution is 2.60. The molecule has 0 bridgehead atoms. The Labute approximate surface area is 409 Å². The van der Waals surface area contributed by atoms with Crippen molar-refractivity contribution in [2.24, 2.45) is 0 Å². The minimum Gasteiger partial charge on any atom is -0.462 e. The summed E-state index contributed by atoms with van der Waals surface area (Å²) in [6.07, 6.45) is 28.5. The molecule has 69 heavy (non-hydrogen) atoms. The van der Waals surface area contributed by atoms with E-state index in [0.29, 0.717) is 25.0 Å². The largest absolute Gasteiger partial charge is 0.481 e. The second-order valence-electron chi connectivity index (χ2n) is 18.1. The van der Waals surface area contributed by atoms with Gasteiger partial charge in [-0.1, -0.05) is 128 Å². The number of nitrogen functional groups attached to an aromatic ring is 1. The number of hydrogen-bond acceptors (Lipinski definition) is 16. The minimum atomic E-state index is -5.43. The zero-order chi connectivity index (χ0) is 50.3. The summed E-state index contributed by atoms with van der Waals surface area (Å²) >= 11 is 0. The lowest BCUT2D eigenvalue weighted by Crippen LogP contribution is -2.36. The summed E-state index contributed by atoms with van der Waals surface area (Å²) in [6.45, 7) is 2.10. The number of phosphoric acid groups is 2. The molecule has 3 rings (SSSR count). The lowest BCUT2D eigenvalue weighted by Gasteiger charge is -2.21. The molecule has 396 valence electrons. The first-order valence-corrected chi connectivity index (χ1v) is 28.5. The smallest absolute Gasteiger partial charge is 0.462 e. The lowest BCUT2D eigenvalue weighted by atomic mass is 10.1. The Bertz CT molecular complexity index is 1820. The van der Waals surface area contributed by atoms with E-state index in [1.54, 1.807) is 0 Å². The van der Waals surface area contributed by atoms with E-state index in [4.69, 9.17) is 33.7 Å². The third kappa shape index (κ3) is 27.0. The molecule has 21 heteroatoms. The number of carbonyl (C=O) groups is 2. The molecule has 2 saturated heterocycles. The van der Waals surface area contributed by atoms with Crippen LogP contribution in [0, 0.1) is 0 Å². The van der Waals surface area contributed by atoms with Crippen LogP contribution in [0.5, 0.6) is 0 Å². The van der Waals surface area contributed by atoms with Crippen molar-refractivity contribution in [3.63, 3.8) is 0 Å². The highest BCUT2D eigenvalue weighted by Gasteiger charge is 2.46. The van der Waals surface area contributed by atoms with E-state index in [2.05, 4.69) is 47.4 Å². The molecule has 0 spiro atoms. The van der Waals surface area contributed by atoms with Crippen molar-refractivity contribution < 1.29 is 71.0 Å². The molecule has 2 aliphatic rings. The molecule has 4 unspecified atom stereocenters. The third-order valence-electron chi connectivity index (χ3n) is 11.9. The van der Waals surface area contributed by atoms with Crippen LogP contribution < -0.4 is 11.4 Å². The van der Waals surface area contributed by atoms with Crippen LogP contribution in [0.1, 0.15) is 187 Å². The van der Waals surface area contributed by atoms with Gasteiger partial charge in [0.2, 0.25) is 0 Å². The number of allylic oxidation sites excluding steroid dienone is 3. The molecule has 3 heterocycles. The maximum Gasteiger partial charge on any atom is 0.481 e. The average Bonchev–Trinajstić information content (AvgIpc) is 3.99. The van der Waals surface area contributed by atoms with Crippen LogP contribution in [0.2, 0.25) is 0 Å². The predicted molar refractivity (Wildman–Crippen MR) is 261 cm³/mol. The number of aromatic nitrogens is 2. The van der Waals surface area contributed by atoms with E-state index in [9.17, 15) is 43.5 Å². The highest BCUT2D eigenvalue weighted by molar-refractivity contribution is 7.61. The molecule has 1 aromatic heterocycles. The molecular weight excluding hydrogens is 936 g/mol. The summed E-state index contributed by atoms with van der Waals surface area (Å²) in [7, 11) is -10.9. The molecule has 0 saturated carbocycles. The number of ether oxygens (including phenoxy) is 4. The normalized spacial score (nSPS) is 22.5. The molecule has 0 aromatic carbocycles. The standard InChI is InChI=1S/C48H83N3O16P2/c1-3-5-7-8-9-10-11-12-13-14-15-16-20-23-27-31-43(52)61-35-38(64-44(53)32-28-24-21-18-17-19-22-26-30-40-39(65-40)29-25-6-4-2)36-62-68(57,58)67-69(59,60)63-37-41-45(54)46(55)47(66-41)51-34-33-42(49)50-48(51)56/h12-13,22,26,33-34,38-41,45-47,54-55H,3-11,14-21,23-25,27-32,35-37H2,1-2H3,(H,57,58)(H,59,60)(H2,49,50,56)/b13-12-,26-22-/t38-,39?,40?,41-,45-,46-,47-/m1/s1. The van der Waals surface area contributed by atoms with Gasteiger partial charge in [-0.05, 0) is 70.3 Å². The first-order valence-electron chi connectivity index (χ1n) is 25.5. The number of hydrogen-bond donors (Lipinski definition) is 5. The average molecular weight is 1020 g/mol. The van der Waals surface area contributed by atoms with Gasteiger partial charge >= 0.3 is 33.3 Å². The molecule has 1 aromatic rings. The third-order valence-corrected chi connectivity index (χ3v) is 14.5. The fourth-order valence-corrected chi connectivity index (χ4v) is 9.95. The number of esters is 2. The molecule has 0 aliphatic carbocycles. The highest BCUT2D eigenvalue weighted by atomic mass is 31.3. The van der Waals surface area contributed by atoms with Gasteiger partial charge in [-0.3, -0.25) is 23.2 Å². The summed E-state index contributed by atoms with van der Waals surface area (Å²) in [6, 6.07) is 1.25.